The summed E-state index contributed by atoms with van der Waals surface area (Å²) in [5.74, 6) is -2.03. The molecule has 128 valence electrons. The SMILES string of the molecule is Cc1ccc(N2C(=O)CC(Sc3ncccc3C(=O)[O-])C2=O)c(C)c1. The van der Waals surface area contributed by atoms with Crippen LogP contribution >= 0.6 is 11.8 Å². The number of imide groups is 1. The first-order valence-electron chi connectivity index (χ1n) is 7.65. The summed E-state index contributed by atoms with van der Waals surface area (Å²) in [6, 6.07) is 8.35. The molecule has 0 N–H and O–H groups in total. The van der Waals surface area contributed by atoms with E-state index < -0.39 is 11.2 Å². The van der Waals surface area contributed by atoms with E-state index in [1.54, 1.807) is 6.07 Å². The number of aromatic nitrogens is 1. The molecule has 1 atom stereocenters. The Morgan fingerprint density at radius 1 is 1.28 bits per heavy atom. The van der Waals surface area contributed by atoms with Crippen LogP contribution in [0.2, 0.25) is 0 Å². The Morgan fingerprint density at radius 2 is 2.04 bits per heavy atom. The number of aryl methyl sites for hydroxylation is 2. The number of carboxylic acids is 1. The Kier molecular flexibility index (Phi) is 4.59. The third kappa shape index (κ3) is 3.28. The van der Waals surface area contributed by atoms with Gasteiger partial charge in [-0.15, -0.1) is 0 Å². The van der Waals surface area contributed by atoms with Gasteiger partial charge in [0, 0.05) is 18.2 Å². The second-order valence-corrected chi connectivity index (χ2v) is 7.00. The van der Waals surface area contributed by atoms with Crippen LogP contribution < -0.4 is 10.0 Å². The van der Waals surface area contributed by atoms with Crippen LogP contribution in [-0.2, 0) is 9.59 Å². The van der Waals surface area contributed by atoms with E-state index in [-0.39, 0.29) is 28.8 Å². The van der Waals surface area contributed by atoms with Gasteiger partial charge in [0.05, 0.1) is 16.9 Å². The molecular weight excluding hydrogens is 340 g/mol. The number of rotatable bonds is 4. The molecule has 1 aliphatic rings. The fourth-order valence-electron chi connectivity index (χ4n) is 2.78. The number of carbonyl (C=O) groups is 3. The second-order valence-electron chi connectivity index (χ2n) is 5.81. The van der Waals surface area contributed by atoms with Gasteiger partial charge in [-0.2, -0.15) is 0 Å². The van der Waals surface area contributed by atoms with Crippen molar-refractivity contribution in [1.29, 1.82) is 0 Å². The second kappa shape index (κ2) is 6.68. The van der Waals surface area contributed by atoms with Crippen LogP contribution in [-0.4, -0.2) is 28.0 Å². The number of pyridine rings is 1. The molecule has 25 heavy (non-hydrogen) atoms. The van der Waals surface area contributed by atoms with Crippen LogP contribution in [0.15, 0.2) is 41.6 Å². The van der Waals surface area contributed by atoms with Crippen LogP contribution in [0.25, 0.3) is 0 Å². The summed E-state index contributed by atoms with van der Waals surface area (Å²) in [5.41, 5.74) is 2.35. The molecule has 2 aromatic rings. The normalized spacial score (nSPS) is 17.2. The van der Waals surface area contributed by atoms with Gasteiger partial charge < -0.3 is 9.90 Å². The summed E-state index contributed by atoms with van der Waals surface area (Å²) in [6.07, 6.45) is 1.44. The summed E-state index contributed by atoms with van der Waals surface area (Å²) in [7, 11) is 0. The molecule has 0 spiro atoms. The van der Waals surface area contributed by atoms with Gasteiger partial charge in [-0.3, -0.25) is 9.59 Å². The number of benzene rings is 1. The minimum atomic E-state index is -1.36. The van der Waals surface area contributed by atoms with Crippen LogP contribution in [0, 0.1) is 13.8 Å². The van der Waals surface area contributed by atoms with E-state index in [0.29, 0.717) is 5.69 Å². The first kappa shape index (κ1) is 17.2. The van der Waals surface area contributed by atoms with Crippen molar-refractivity contribution < 1.29 is 19.5 Å². The highest BCUT2D eigenvalue weighted by Gasteiger charge is 2.41. The lowest BCUT2D eigenvalue weighted by Crippen LogP contribution is -2.32. The Balaban J connectivity index is 1.88. The maximum Gasteiger partial charge on any atom is 0.247 e. The van der Waals surface area contributed by atoms with Crippen LogP contribution in [0.5, 0.6) is 0 Å². The van der Waals surface area contributed by atoms with E-state index >= 15 is 0 Å². The van der Waals surface area contributed by atoms with Crippen LogP contribution in [0.1, 0.15) is 27.9 Å². The van der Waals surface area contributed by atoms with Crippen molar-refractivity contribution in [2.75, 3.05) is 4.90 Å². The summed E-state index contributed by atoms with van der Waals surface area (Å²) < 4.78 is 0. The Bertz CT molecular complexity index is 881. The number of amides is 2. The Morgan fingerprint density at radius 3 is 2.72 bits per heavy atom. The predicted octanol–water partition coefficient (Wildman–Crippen LogP) is 1.49. The molecule has 7 heteroatoms. The Labute approximate surface area is 148 Å². The molecule has 1 aromatic heterocycles. The molecular formula is C18H15N2O4S-. The van der Waals surface area contributed by atoms with E-state index in [1.165, 1.54) is 23.2 Å². The number of hydrogen-bond acceptors (Lipinski definition) is 6. The van der Waals surface area contributed by atoms with Gasteiger partial charge in [0.15, 0.2) is 0 Å². The van der Waals surface area contributed by atoms with Gasteiger partial charge in [0.2, 0.25) is 11.8 Å². The van der Waals surface area contributed by atoms with E-state index in [9.17, 15) is 19.5 Å². The highest BCUT2D eigenvalue weighted by molar-refractivity contribution is 8.00. The van der Waals surface area contributed by atoms with Crippen molar-refractivity contribution in [3.05, 3.63) is 53.2 Å². The largest absolute Gasteiger partial charge is 0.545 e. The number of aromatic carboxylic acids is 1. The van der Waals surface area contributed by atoms with E-state index in [4.69, 9.17) is 0 Å². The lowest BCUT2D eigenvalue weighted by atomic mass is 10.1. The molecule has 1 fully saturated rings. The van der Waals surface area contributed by atoms with E-state index in [0.717, 1.165) is 22.9 Å². The van der Waals surface area contributed by atoms with Gasteiger partial charge >= 0.3 is 0 Å². The predicted molar refractivity (Wildman–Crippen MR) is 91.2 cm³/mol. The summed E-state index contributed by atoms with van der Waals surface area (Å²) in [5, 5.41) is 10.6. The van der Waals surface area contributed by atoms with Crippen molar-refractivity contribution in [2.24, 2.45) is 0 Å². The van der Waals surface area contributed by atoms with Gasteiger partial charge in [0.1, 0.15) is 5.03 Å². The number of carboxylic acid groups (broad SMARTS) is 1. The fourth-order valence-corrected chi connectivity index (χ4v) is 3.88. The molecule has 1 unspecified atom stereocenters. The van der Waals surface area contributed by atoms with Crippen molar-refractivity contribution in [3.8, 4) is 0 Å². The topological polar surface area (TPSA) is 90.4 Å². The number of nitrogens with zero attached hydrogens (tertiary/aromatic N) is 2. The Hall–Kier alpha value is -2.67. The minimum absolute atomic E-state index is 0.000121. The van der Waals surface area contributed by atoms with Gasteiger partial charge in [0.25, 0.3) is 0 Å². The first-order valence-corrected chi connectivity index (χ1v) is 8.53. The third-order valence-corrected chi connectivity index (χ3v) is 5.14. The molecule has 0 saturated carbocycles. The van der Waals surface area contributed by atoms with Gasteiger partial charge in [-0.05, 0) is 37.6 Å². The van der Waals surface area contributed by atoms with Crippen molar-refractivity contribution in [2.45, 2.75) is 30.5 Å². The lowest BCUT2D eigenvalue weighted by molar-refractivity contribution is -0.255. The summed E-state index contributed by atoms with van der Waals surface area (Å²) >= 11 is 0.981. The smallest absolute Gasteiger partial charge is 0.247 e. The lowest BCUT2D eigenvalue weighted by Gasteiger charge is -2.18. The fraction of sp³-hybridized carbons (Fsp3) is 0.222. The van der Waals surface area contributed by atoms with Crippen molar-refractivity contribution in [1.82, 2.24) is 4.98 Å². The first-order chi connectivity index (χ1) is 11.9. The summed E-state index contributed by atoms with van der Waals surface area (Å²) in [6.45, 7) is 3.78. The number of anilines is 1. The molecule has 0 radical (unpaired) electrons. The zero-order chi connectivity index (χ0) is 18.1. The van der Waals surface area contributed by atoms with E-state index in [2.05, 4.69) is 4.98 Å². The highest BCUT2D eigenvalue weighted by atomic mass is 32.2. The molecule has 3 rings (SSSR count). The molecule has 0 aliphatic carbocycles. The van der Waals surface area contributed by atoms with E-state index in [1.807, 2.05) is 26.0 Å². The zero-order valence-corrected chi connectivity index (χ0v) is 14.5. The van der Waals surface area contributed by atoms with Crippen molar-refractivity contribution in [3.63, 3.8) is 0 Å². The number of thioether (sulfide) groups is 1. The minimum Gasteiger partial charge on any atom is -0.545 e. The molecule has 1 saturated heterocycles. The molecule has 2 amide bonds. The number of hydrogen-bond donors (Lipinski definition) is 0. The molecule has 6 nitrogen and oxygen atoms in total. The molecule has 1 aliphatic heterocycles. The standard InChI is InChI=1S/C18H16N2O4S/c1-10-5-6-13(11(2)8-10)20-15(21)9-14(17(20)22)25-16-12(18(23)24)4-3-7-19-16/h3-8,14H,9H2,1-2H3,(H,23,24)/p-1. The average Bonchev–Trinajstić information content (AvgIpc) is 2.82. The quantitative estimate of drug-likeness (QED) is 0.772. The maximum absolute atomic E-state index is 12.7. The average molecular weight is 355 g/mol. The third-order valence-electron chi connectivity index (χ3n) is 3.94. The van der Waals surface area contributed by atoms with Crippen LogP contribution in [0.3, 0.4) is 0 Å². The number of carbonyl (C=O) groups excluding carboxylic acids is 3. The molecule has 2 heterocycles. The van der Waals surface area contributed by atoms with Gasteiger partial charge in [-0.1, -0.05) is 29.5 Å². The van der Waals surface area contributed by atoms with Crippen LogP contribution in [0.4, 0.5) is 5.69 Å². The zero-order valence-electron chi connectivity index (χ0n) is 13.7. The maximum atomic E-state index is 12.7. The summed E-state index contributed by atoms with van der Waals surface area (Å²) in [4.78, 5) is 41.5. The highest BCUT2D eigenvalue weighted by Crippen LogP contribution is 2.35. The monoisotopic (exact) mass is 355 g/mol. The van der Waals surface area contributed by atoms with Gasteiger partial charge in [-0.25, -0.2) is 9.88 Å². The molecule has 0 bridgehead atoms. The van der Waals surface area contributed by atoms with Crippen molar-refractivity contribution >= 4 is 35.2 Å². The molecule has 1 aromatic carbocycles.